The summed E-state index contributed by atoms with van der Waals surface area (Å²) in [4.78, 5) is 1.02. The van der Waals surface area contributed by atoms with Crippen molar-refractivity contribution < 1.29 is 4.79 Å². The summed E-state index contributed by atoms with van der Waals surface area (Å²) in [6, 6.07) is 2.37. The van der Waals surface area contributed by atoms with Crippen LogP contribution in [0.2, 0.25) is 0 Å². The second-order valence-electron chi connectivity index (χ2n) is 1.11. The molecule has 0 saturated heterocycles. The minimum Gasteiger partial charge on any atom is -0.320 e. The molecule has 0 saturated carbocycles. The van der Waals surface area contributed by atoms with Crippen molar-refractivity contribution in [3.05, 3.63) is 5.43 Å². The zero-order valence-corrected chi connectivity index (χ0v) is 5.04. The van der Waals surface area contributed by atoms with E-state index in [0.29, 0.717) is 0 Å². The Balaban J connectivity index is 3.49. The Labute approximate surface area is 54.0 Å². The van der Waals surface area contributed by atoms with Gasteiger partial charge in [0.25, 0.3) is 0 Å². The first-order valence-electron chi connectivity index (χ1n) is 2.27. The second-order valence-corrected chi connectivity index (χ2v) is 1.11. The third-order valence-corrected chi connectivity index (χ3v) is 0.510. The van der Waals surface area contributed by atoms with Gasteiger partial charge in [-0.25, -0.2) is 0 Å². The van der Waals surface area contributed by atoms with E-state index in [1.165, 1.54) is 0 Å². The van der Waals surface area contributed by atoms with Gasteiger partial charge in [-0.1, -0.05) is 12.6 Å². The molecule has 0 atom stereocenters. The van der Waals surface area contributed by atoms with Gasteiger partial charge in [0.15, 0.2) is 6.72 Å². The lowest BCUT2D eigenvalue weighted by Gasteiger charge is -1.92. The highest BCUT2D eigenvalue weighted by Gasteiger charge is 1.71. The van der Waals surface area contributed by atoms with E-state index in [1.54, 1.807) is 0 Å². The van der Waals surface area contributed by atoms with Gasteiger partial charge in [0.1, 0.15) is 0 Å². The minimum atomic E-state index is 0.286. The third kappa shape index (κ3) is 4.51. The summed E-state index contributed by atoms with van der Waals surface area (Å²) in [5, 5.41) is 3.32. The molecule has 0 rings (SSSR count). The standard InChI is InChI=1S/C5H8N4/c1-7-9(2)8-5-3-4-6/h1-2,4,6H2. The van der Waals surface area contributed by atoms with E-state index in [2.05, 4.69) is 35.9 Å². The Bertz CT molecular complexity index is 162. The molecule has 4 nitrogen and oxygen atoms in total. The molecule has 2 N–H and O–H groups in total. The van der Waals surface area contributed by atoms with Gasteiger partial charge >= 0.3 is 0 Å². The molecule has 0 unspecified atom stereocenters. The van der Waals surface area contributed by atoms with Gasteiger partial charge in [0, 0.05) is 0 Å². The molecule has 0 spiro atoms. The molecule has 0 aliphatic rings. The van der Waals surface area contributed by atoms with Gasteiger partial charge < -0.3 is 5.73 Å². The average Bonchev–Trinajstić information content (AvgIpc) is 1.89. The molecular formula is C5H8N4. The first-order valence-corrected chi connectivity index (χ1v) is 2.27. The molecule has 0 bridgehead atoms. The average molecular weight is 124 g/mol. The summed E-state index contributed by atoms with van der Waals surface area (Å²) in [6.07, 6.45) is 0. The van der Waals surface area contributed by atoms with Crippen LogP contribution in [0.1, 0.15) is 0 Å². The molecule has 48 valence electrons. The molecule has 4 heteroatoms. The van der Waals surface area contributed by atoms with Crippen LogP contribution in [0, 0.1) is 12.0 Å². The van der Waals surface area contributed by atoms with Crippen molar-refractivity contribution in [3.8, 4) is 12.0 Å². The molecular weight excluding hydrogens is 116 g/mol. The SMILES string of the molecule is C=N[N+](=C)[N-]C#CCN. The topological polar surface area (TPSA) is 55.5 Å². The van der Waals surface area contributed by atoms with Gasteiger partial charge in [-0.2, -0.15) is 5.10 Å². The van der Waals surface area contributed by atoms with Crippen LogP contribution in [0.15, 0.2) is 5.10 Å². The smallest absolute Gasteiger partial charge is 0.154 e. The Morgan fingerprint density at radius 3 is 2.89 bits per heavy atom. The molecule has 0 amide bonds. The lowest BCUT2D eigenvalue weighted by molar-refractivity contribution is -0.466. The summed E-state index contributed by atoms with van der Waals surface area (Å²) >= 11 is 0. The zero-order valence-electron chi connectivity index (χ0n) is 5.04. The van der Waals surface area contributed by atoms with Crippen molar-refractivity contribution in [2.75, 3.05) is 6.54 Å². The molecule has 0 heterocycles. The lowest BCUT2D eigenvalue weighted by atomic mass is 10.7. The molecule has 0 aromatic heterocycles. The predicted molar refractivity (Wildman–Crippen MR) is 37.1 cm³/mol. The highest BCUT2D eigenvalue weighted by molar-refractivity contribution is 5.24. The molecule has 0 fully saturated rings. The fourth-order valence-electron chi connectivity index (χ4n) is 0.170. The van der Waals surface area contributed by atoms with E-state index in [0.717, 1.165) is 4.79 Å². The summed E-state index contributed by atoms with van der Waals surface area (Å²) in [7, 11) is 0. The Kier molecular flexibility index (Phi) is 4.09. The van der Waals surface area contributed by atoms with Gasteiger partial charge in [0.2, 0.25) is 0 Å². The van der Waals surface area contributed by atoms with Gasteiger partial charge in [0.05, 0.1) is 6.54 Å². The summed E-state index contributed by atoms with van der Waals surface area (Å²) in [5.41, 5.74) is 8.52. The van der Waals surface area contributed by atoms with E-state index in [4.69, 9.17) is 5.73 Å². The van der Waals surface area contributed by atoms with Crippen LogP contribution in [0.4, 0.5) is 0 Å². The van der Waals surface area contributed by atoms with E-state index in [-0.39, 0.29) is 6.54 Å². The van der Waals surface area contributed by atoms with Crippen molar-refractivity contribution in [2.24, 2.45) is 10.8 Å². The van der Waals surface area contributed by atoms with Crippen LogP contribution < -0.4 is 5.73 Å². The van der Waals surface area contributed by atoms with Crippen LogP contribution in [0.25, 0.3) is 5.43 Å². The molecule has 0 aliphatic heterocycles. The van der Waals surface area contributed by atoms with Crippen molar-refractivity contribution in [2.45, 2.75) is 0 Å². The fourth-order valence-corrected chi connectivity index (χ4v) is 0.170. The van der Waals surface area contributed by atoms with Gasteiger partial charge in [-0.3, -0.25) is 0 Å². The maximum atomic E-state index is 5.04. The van der Waals surface area contributed by atoms with Crippen LogP contribution >= 0.6 is 0 Å². The highest BCUT2D eigenvalue weighted by Crippen LogP contribution is 1.80. The number of rotatable bonds is 2. The Morgan fingerprint density at radius 1 is 1.78 bits per heavy atom. The van der Waals surface area contributed by atoms with Crippen LogP contribution in [-0.2, 0) is 0 Å². The number of nitrogens with two attached hydrogens (primary N) is 1. The monoisotopic (exact) mass is 124 g/mol. The summed E-state index contributed by atoms with van der Waals surface area (Å²) < 4.78 is 0. The second kappa shape index (κ2) is 4.81. The normalized spacial score (nSPS) is 6.78. The van der Waals surface area contributed by atoms with Crippen LogP contribution in [0.3, 0.4) is 0 Å². The van der Waals surface area contributed by atoms with E-state index < -0.39 is 0 Å². The summed E-state index contributed by atoms with van der Waals surface area (Å²) in [6.45, 7) is 6.77. The lowest BCUT2D eigenvalue weighted by Crippen LogP contribution is -1.94. The maximum absolute atomic E-state index is 5.04. The van der Waals surface area contributed by atoms with Gasteiger partial charge in [-0.15, -0.1) is 10.2 Å². The number of nitrogens with zero attached hydrogens (tertiary/aromatic N) is 3. The van der Waals surface area contributed by atoms with Crippen molar-refractivity contribution >= 4 is 13.4 Å². The number of hydrogen-bond donors (Lipinski definition) is 1. The van der Waals surface area contributed by atoms with E-state index in [1.807, 2.05) is 0 Å². The van der Waals surface area contributed by atoms with Crippen LogP contribution in [-0.4, -0.2) is 24.8 Å². The molecule has 0 aliphatic carbocycles. The Hall–Kier alpha value is -1.34. The maximum Gasteiger partial charge on any atom is 0.154 e. The summed E-state index contributed by atoms with van der Waals surface area (Å²) in [5.74, 6) is 2.51. The van der Waals surface area contributed by atoms with E-state index in [9.17, 15) is 0 Å². The number of hydrazone groups is 1. The molecule has 0 radical (unpaired) electrons. The third-order valence-electron chi connectivity index (χ3n) is 0.510. The van der Waals surface area contributed by atoms with E-state index >= 15 is 0 Å². The fraction of sp³-hybridized carbons (Fsp3) is 0.200. The van der Waals surface area contributed by atoms with Crippen molar-refractivity contribution in [1.82, 2.24) is 0 Å². The Morgan fingerprint density at radius 2 is 2.44 bits per heavy atom. The van der Waals surface area contributed by atoms with Crippen molar-refractivity contribution in [3.63, 3.8) is 0 Å². The zero-order chi connectivity index (χ0) is 7.11. The quantitative estimate of drug-likeness (QED) is 0.230. The molecule has 0 aromatic rings. The first kappa shape index (κ1) is 7.66. The van der Waals surface area contributed by atoms with Crippen LogP contribution in [0.5, 0.6) is 0 Å². The number of hydrogen-bond acceptors (Lipinski definition) is 2. The highest BCUT2D eigenvalue weighted by atomic mass is 15.6. The van der Waals surface area contributed by atoms with Gasteiger partial charge in [-0.05, 0) is 6.04 Å². The first-order chi connectivity index (χ1) is 4.31. The molecule has 9 heavy (non-hydrogen) atoms. The molecule has 0 aromatic carbocycles. The predicted octanol–water partition coefficient (Wildman–Crippen LogP) is -0.477. The largest absolute Gasteiger partial charge is 0.320 e. The minimum absolute atomic E-state index is 0.286. The van der Waals surface area contributed by atoms with Crippen molar-refractivity contribution in [1.29, 1.82) is 0 Å².